The summed E-state index contributed by atoms with van der Waals surface area (Å²) in [7, 11) is 0. The Morgan fingerprint density at radius 3 is 2.31 bits per heavy atom. The van der Waals surface area contributed by atoms with E-state index in [0.717, 1.165) is 22.9 Å². The molecule has 1 heterocycles. The van der Waals surface area contributed by atoms with Crippen molar-refractivity contribution in [3.8, 4) is 0 Å². The third-order valence-electron chi connectivity index (χ3n) is 4.52. The lowest BCUT2D eigenvalue weighted by atomic mass is 10.1. The van der Waals surface area contributed by atoms with E-state index < -0.39 is 0 Å². The quantitative estimate of drug-likeness (QED) is 0.684. The fraction of sp³-hybridized carbons (Fsp3) is 0.450. The molecule has 0 atom stereocenters. The van der Waals surface area contributed by atoms with Gasteiger partial charge in [-0.25, -0.2) is 4.98 Å². The van der Waals surface area contributed by atoms with Crippen molar-refractivity contribution in [1.82, 2.24) is 9.97 Å². The molecule has 3 N–H and O–H groups in total. The van der Waals surface area contributed by atoms with Crippen LogP contribution >= 0.6 is 0 Å². The van der Waals surface area contributed by atoms with Crippen LogP contribution in [-0.2, 0) is 4.79 Å². The zero-order chi connectivity index (χ0) is 18.4. The maximum atomic E-state index is 11.1. The average Bonchev–Trinajstić information content (AvgIpc) is 2.84. The van der Waals surface area contributed by atoms with Gasteiger partial charge >= 0.3 is 0 Å². The van der Waals surface area contributed by atoms with Gasteiger partial charge in [-0.05, 0) is 44.0 Å². The molecule has 6 heteroatoms. The topological polar surface area (TPSA) is 78.9 Å². The summed E-state index contributed by atoms with van der Waals surface area (Å²) in [5.74, 6) is 1.38. The Labute approximate surface area is 154 Å². The normalized spacial score (nSPS) is 15.2. The number of hydrogen-bond donors (Lipinski definition) is 3. The molecule has 0 aliphatic heterocycles. The molecule has 1 saturated carbocycles. The van der Waals surface area contributed by atoms with Crippen LogP contribution in [0, 0.1) is 6.92 Å². The molecular formula is C20H27N5O. The van der Waals surface area contributed by atoms with E-state index in [1.165, 1.54) is 45.4 Å². The van der Waals surface area contributed by atoms with Crippen LogP contribution in [0.15, 0.2) is 30.3 Å². The van der Waals surface area contributed by atoms with E-state index in [-0.39, 0.29) is 5.91 Å². The number of carbonyl (C=O) groups is 1. The highest BCUT2D eigenvalue weighted by molar-refractivity contribution is 5.88. The summed E-state index contributed by atoms with van der Waals surface area (Å²) in [5.41, 5.74) is 2.61. The lowest BCUT2D eigenvalue weighted by Gasteiger charge is -2.17. The van der Waals surface area contributed by atoms with Crippen LogP contribution in [0.4, 0.5) is 23.1 Å². The Hall–Kier alpha value is -2.63. The first-order chi connectivity index (χ1) is 12.6. The minimum Gasteiger partial charge on any atom is -0.351 e. The molecule has 26 heavy (non-hydrogen) atoms. The number of rotatable bonds is 5. The van der Waals surface area contributed by atoms with Crippen molar-refractivity contribution in [2.75, 3.05) is 16.0 Å². The Bertz CT molecular complexity index is 736. The Morgan fingerprint density at radius 2 is 1.65 bits per heavy atom. The first kappa shape index (κ1) is 18.2. The maximum Gasteiger partial charge on any atom is 0.225 e. The van der Waals surface area contributed by atoms with E-state index in [2.05, 4.69) is 25.9 Å². The number of nitrogens with zero attached hydrogens (tertiary/aromatic N) is 2. The van der Waals surface area contributed by atoms with E-state index in [0.29, 0.717) is 12.0 Å². The predicted octanol–water partition coefficient (Wildman–Crippen LogP) is 4.62. The summed E-state index contributed by atoms with van der Waals surface area (Å²) < 4.78 is 0. The van der Waals surface area contributed by atoms with Gasteiger partial charge in [0, 0.05) is 36.1 Å². The van der Waals surface area contributed by atoms with Crippen molar-refractivity contribution in [1.29, 1.82) is 0 Å². The zero-order valence-electron chi connectivity index (χ0n) is 15.5. The molecule has 0 spiro atoms. The Balaban J connectivity index is 1.67. The maximum absolute atomic E-state index is 11.1. The molecule has 6 nitrogen and oxygen atoms in total. The minimum atomic E-state index is -0.0774. The summed E-state index contributed by atoms with van der Waals surface area (Å²) >= 11 is 0. The summed E-state index contributed by atoms with van der Waals surface area (Å²) in [5, 5.41) is 9.58. The molecule has 0 saturated heterocycles. The highest BCUT2D eigenvalue weighted by Gasteiger charge is 2.13. The SMILES string of the molecule is CC(=O)Nc1ccc(Nc2cc(C)nc(NC3CCCCCC3)n2)cc1. The van der Waals surface area contributed by atoms with Crippen molar-refractivity contribution < 1.29 is 4.79 Å². The molecule has 1 amide bonds. The molecule has 1 aliphatic rings. The van der Waals surface area contributed by atoms with Crippen LogP contribution in [0.2, 0.25) is 0 Å². The van der Waals surface area contributed by atoms with Crippen LogP contribution in [0.25, 0.3) is 0 Å². The summed E-state index contributed by atoms with van der Waals surface area (Å²) in [6, 6.07) is 9.96. The fourth-order valence-corrected chi connectivity index (χ4v) is 3.29. The number of hydrogen-bond acceptors (Lipinski definition) is 5. The number of amides is 1. The van der Waals surface area contributed by atoms with Gasteiger partial charge in [-0.15, -0.1) is 0 Å². The van der Waals surface area contributed by atoms with Crippen LogP contribution in [0.3, 0.4) is 0 Å². The Morgan fingerprint density at radius 1 is 1.00 bits per heavy atom. The molecule has 3 rings (SSSR count). The minimum absolute atomic E-state index is 0.0774. The smallest absolute Gasteiger partial charge is 0.225 e. The second-order valence-corrected chi connectivity index (χ2v) is 6.93. The molecule has 138 valence electrons. The van der Waals surface area contributed by atoms with E-state index >= 15 is 0 Å². The molecule has 2 aromatic rings. The molecule has 1 fully saturated rings. The van der Waals surface area contributed by atoms with Crippen molar-refractivity contribution >= 4 is 29.0 Å². The van der Waals surface area contributed by atoms with Gasteiger partial charge in [0.2, 0.25) is 11.9 Å². The van der Waals surface area contributed by atoms with Crippen LogP contribution in [0.5, 0.6) is 0 Å². The van der Waals surface area contributed by atoms with Gasteiger partial charge < -0.3 is 16.0 Å². The molecule has 1 aliphatic carbocycles. The number of nitrogens with one attached hydrogen (secondary N) is 3. The van der Waals surface area contributed by atoms with Crippen molar-refractivity contribution in [3.63, 3.8) is 0 Å². The zero-order valence-corrected chi connectivity index (χ0v) is 15.5. The first-order valence-corrected chi connectivity index (χ1v) is 9.35. The van der Waals surface area contributed by atoms with Crippen molar-refractivity contribution in [2.24, 2.45) is 0 Å². The van der Waals surface area contributed by atoms with Gasteiger partial charge in [0.25, 0.3) is 0 Å². The lowest BCUT2D eigenvalue weighted by molar-refractivity contribution is -0.114. The lowest BCUT2D eigenvalue weighted by Crippen LogP contribution is -2.20. The second-order valence-electron chi connectivity index (χ2n) is 6.93. The van der Waals surface area contributed by atoms with Crippen LogP contribution in [-0.4, -0.2) is 21.9 Å². The predicted molar refractivity (Wildman–Crippen MR) is 106 cm³/mol. The van der Waals surface area contributed by atoms with Gasteiger partial charge in [0.1, 0.15) is 5.82 Å². The van der Waals surface area contributed by atoms with Crippen LogP contribution in [0.1, 0.15) is 51.1 Å². The molecular weight excluding hydrogens is 326 g/mol. The summed E-state index contributed by atoms with van der Waals surface area (Å²) in [6.07, 6.45) is 7.57. The fourth-order valence-electron chi connectivity index (χ4n) is 3.29. The van der Waals surface area contributed by atoms with Gasteiger partial charge in [-0.3, -0.25) is 4.79 Å². The van der Waals surface area contributed by atoms with Crippen molar-refractivity contribution in [2.45, 2.75) is 58.4 Å². The average molecular weight is 353 g/mol. The van der Waals surface area contributed by atoms with Gasteiger partial charge in [-0.1, -0.05) is 25.7 Å². The second kappa shape index (κ2) is 8.65. The van der Waals surface area contributed by atoms with Crippen molar-refractivity contribution in [3.05, 3.63) is 36.0 Å². The highest BCUT2D eigenvalue weighted by Crippen LogP contribution is 2.22. The van der Waals surface area contributed by atoms with Crippen LogP contribution < -0.4 is 16.0 Å². The third-order valence-corrected chi connectivity index (χ3v) is 4.52. The van der Waals surface area contributed by atoms with Gasteiger partial charge in [0.05, 0.1) is 0 Å². The number of aryl methyl sites for hydroxylation is 1. The highest BCUT2D eigenvalue weighted by atomic mass is 16.1. The summed E-state index contributed by atoms with van der Waals surface area (Å²) in [4.78, 5) is 20.3. The number of anilines is 4. The first-order valence-electron chi connectivity index (χ1n) is 9.35. The largest absolute Gasteiger partial charge is 0.351 e. The standard InChI is InChI=1S/C20H27N5O/c1-14-13-19(23-18-11-9-17(10-12-18)22-15(2)26)25-20(21-14)24-16-7-5-3-4-6-8-16/h9-13,16H,3-8H2,1-2H3,(H,22,26)(H2,21,23,24,25). The number of carbonyl (C=O) groups excluding carboxylic acids is 1. The van der Waals surface area contributed by atoms with E-state index in [1.54, 1.807) is 0 Å². The molecule has 1 aromatic carbocycles. The Kier molecular flexibility index (Phi) is 6.04. The summed E-state index contributed by atoms with van der Waals surface area (Å²) in [6.45, 7) is 3.48. The number of benzene rings is 1. The van der Waals surface area contributed by atoms with E-state index in [9.17, 15) is 4.79 Å². The van der Waals surface area contributed by atoms with E-state index in [1.807, 2.05) is 37.3 Å². The number of aromatic nitrogens is 2. The molecule has 0 bridgehead atoms. The monoisotopic (exact) mass is 353 g/mol. The molecule has 0 radical (unpaired) electrons. The molecule has 1 aromatic heterocycles. The molecule has 0 unspecified atom stereocenters. The van der Waals surface area contributed by atoms with Gasteiger partial charge in [-0.2, -0.15) is 4.98 Å². The van der Waals surface area contributed by atoms with E-state index in [4.69, 9.17) is 0 Å². The van der Waals surface area contributed by atoms with Gasteiger partial charge in [0.15, 0.2) is 0 Å². The third kappa shape index (κ3) is 5.44.